The fourth-order valence-electron chi connectivity index (χ4n) is 1.97. The second-order valence-corrected chi connectivity index (χ2v) is 4.72. The molecule has 1 heterocycles. The van der Waals surface area contributed by atoms with Crippen LogP contribution in [-0.4, -0.2) is 15.2 Å². The van der Waals surface area contributed by atoms with Gasteiger partial charge in [0.1, 0.15) is 5.75 Å². The van der Waals surface area contributed by atoms with Crippen LogP contribution in [0.15, 0.2) is 53.1 Å². The van der Waals surface area contributed by atoms with Crippen LogP contribution in [0.1, 0.15) is 17.0 Å². The summed E-state index contributed by atoms with van der Waals surface area (Å²) in [6.07, 6.45) is 0.603. The maximum atomic E-state index is 9.46. The van der Waals surface area contributed by atoms with E-state index in [9.17, 15) is 5.11 Å². The van der Waals surface area contributed by atoms with Gasteiger partial charge in [0.25, 0.3) is 0 Å². The zero-order valence-corrected chi connectivity index (χ0v) is 11.1. The van der Waals surface area contributed by atoms with E-state index >= 15 is 0 Å². The van der Waals surface area contributed by atoms with Gasteiger partial charge in [0.2, 0.25) is 11.7 Å². The molecule has 2 aromatic carbocycles. The average molecular weight is 266 g/mol. The lowest BCUT2D eigenvalue weighted by molar-refractivity contribution is 0.385. The Bertz CT molecular complexity index is 717. The number of phenolic OH excluding ortho intramolecular Hbond substituents is 1. The van der Waals surface area contributed by atoms with Crippen molar-refractivity contribution >= 4 is 0 Å². The van der Waals surface area contributed by atoms with E-state index in [2.05, 4.69) is 29.2 Å². The highest BCUT2D eigenvalue weighted by Crippen LogP contribution is 2.21. The quantitative estimate of drug-likeness (QED) is 0.789. The largest absolute Gasteiger partial charge is 0.508 e. The van der Waals surface area contributed by atoms with Gasteiger partial charge < -0.3 is 9.63 Å². The summed E-state index contributed by atoms with van der Waals surface area (Å²) < 4.78 is 5.25. The minimum atomic E-state index is 0.187. The van der Waals surface area contributed by atoms with Crippen LogP contribution < -0.4 is 0 Å². The molecule has 3 aromatic rings. The number of aryl methyl sites for hydroxylation is 1. The van der Waals surface area contributed by atoms with Gasteiger partial charge in [0, 0.05) is 5.56 Å². The van der Waals surface area contributed by atoms with E-state index in [1.54, 1.807) is 18.2 Å². The number of hydrogen-bond donors (Lipinski definition) is 1. The Hall–Kier alpha value is -2.62. The number of hydrogen-bond acceptors (Lipinski definition) is 4. The molecule has 0 unspecified atom stereocenters. The molecule has 0 saturated heterocycles. The molecular formula is C16H14N2O2. The van der Waals surface area contributed by atoms with Crippen LogP contribution in [0.4, 0.5) is 0 Å². The molecule has 3 rings (SSSR count). The highest BCUT2D eigenvalue weighted by atomic mass is 16.5. The molecule has 0 fully saturated rings. The van der Waals surface area contributed by atoms with Gasteiger partial charge in [-0.2, -0.15) is 4.98 Å². The zero-order chi connectivity index (χ0) is 13.9. The highest BCUT2D eigenvalue weighted by Gasteiger charge is 2.09. The van der Waals surface area contributed by atoms with Crippen molar-refractivity contribution < 1.29 is 9.63 Å². The summed E-state index contributed by atoms with van der Waals surface area (Å²) in [5.41, 5.74) is 3.09. The fraction of sp³-hybridized carbons (Fsp3) is 0.125. The van der Waals surface area contributed by atoms with Crippen molar-refractivity contribution in [2.75, 3.05) is 0 Å². The minimum absolute atomic E-state index is 0.187. The predicted octanol–water partition coefficient (Wildman–Crippen LogP) is 3.34. The molecule has 0 aliphatic rings. The van der Waals surface area contributed by atoms with Crippen molar-refractivity contribution in [2.24, 2.45) is 0 Å². The number of nitrogens with zero attached hydrogens (tertiary/aromatic N) is 2. The Kier molecular flexibility index (Phi) is 3.21. The summed E-state index contributed by atoms with van der Waals surface area (Å²) in [4.78, 5) is 4.35. The molecule has 0 saturated carbocycles. The molecule has 20 heavy (non-hydrogen) atoms. The number of aromatic hydroxyl groups is 1. The fourth-order valence-corrected chi connectivity index (χ4v) is 1.97. The van der Waals surface area contributed by atoms with E-state index < -0.39 is 0 Å². The van der Waals surface area contributed by atoms with Crippen molar-refractivity contribution in [3.63, 3.8) is 0 Å². The third-order valence-electron chi connectivity index (χ3n) is 3.05. The molecule has 0 atom stereocenters. The van der Waals surface area contributed by atoms with E-state index in [-0.39, 0.29) is 5.75 Å². The highest BCUT2D eigenvalue weighted by molar-refractivity contribution is 5.56. The maximum Gasteiger partial charge on any atom is 0.231 e. The van der Waals surface area contributed by atoms with E-state index in [1.165, 1.54) is 5.56 Å². The first-order valence-corrected chi connectivity index (χ1v) is 6.38. The number of phenols is 1. The van der Waals surface area contributed by atoms with E-state index in [0.29, 0.717) is 18.1 Å². The lowest BCUT2D eigenvalue weighted by Crippen LogP contribution is -1.88. The first kappa shape index (κ1) is 12.4. The van der Waals surface area contributed by atoms with Crippen molar-refractivity contribution in [1.82, 2.24) is 10.1 Å². The van der Waals surface area contributed by atoms with Gasteiger partial charge in [-0.3, -0.25) is 0 Å². The molecule has 1 aromatic heterocycles. The van der Waals surface area contributed by atoms with Crippen molar-refractivity contribution in [3.8, 4) is 17.1 Å². The van der Waals surface area contributed by atoms with Gasteiger partial charge in [-0.25, -0.2) is 0 Å². The number of rotatable bonds is 3. The second kappa shape index (κ2) is 5.17. The van der Waals surface area contributed by atoms with Gasteiger partial charge in [-0.05, 0) is 24.6 Å². The molecule has 0 aliphatic carbocycles. The van der Waals surface area contributed by atoms with Crippen molar-refractivity contribution in [2.45, 2.75) is 13.3 Å². The van der Waals surface area contributed by atoms with Gasteiger partial charge in [-0.15, -0.1) is 0 Å². The first-order valence-electron chi connectivity index (χ1n) is 6.38. The van der Waals surface area contributed by atoms with Crippen LogP contribution in [0.2, 0.25) is 0 Å². The zero-order valence-electron chi connectivity index (χ0n) is 11.1. The van der Waals surface area contributed by atoms with Crippen LogP contribution in [0.25, 0.3) is 11.4 Å². The summed E-state index contributed by atoms with van der Waals surface area (Å²) in [5, 5.41) is 13.4. The van der Waals surface area contributed by atoms with E-state index in [0.717, 1.165) is 11.1 Å². The Balaban J connectivity index is 1.82. The monoisotopic (exact) mass is 266 g/mol. The minimum Gasteiger partial charge on any atom is -0.508 e. The van der Waals surface area contributed by atoms with Gasteiger partial charge in [0.05, 0.1) is 6.42 Å². The third-order valence-corrected chi connectivity index (χ3v) is 3.05. The van der Waals surface area contributed by atoms with Gasteiger partial charge in [0.15, 0.2) is 0 Å². The molecule has 4 heteroatoms. The molecule has 4 nitrogen and oxygen atoms in total. The standard InChI is InChI=1S/C16H14N2O2/c1-11-5-7-12(8-6-11)9-15-17-16(18-20-15)13-3-2-4-14(19)10-13/h2-8,10,19H,9H2,1H3. The molecule has 0 bridgehead atoms. The molecule has 1 N–H and O–H groups in total. The van der Waals surface area contributed by atoms with Crippen LogP contribution >= 0.6 is 0 Å². The van der Waals surface area contributed by atoms with Gasteiger partial charge in [-0.1, -0.05) is 47.1 Å². The van der Waals surface area contributed by atoms with Crippen LogP contribution in [-0.2, 0) is 6.42 Å². The van der Waals surface area contributed by atoms with E-state index in [4.69, 9.17) is 4.52 Å². The molecule has 100 valence electrons. The molecule has 0 radical (unpaired) electrons. The normalized spacial score (nSPS) is 10.7. The topological polar surface area (TPSA) is 59.2 Å². The Morgan fingerprint density at radius 2 is 1.90 bits per heavy atom. The first-order chi connectivity index (χ1) is 9.70. The van der Waals surface area contributed by atoms with Gasteiger partial charge >= 0.3 is 0 Å². The van der Waals surface area contributed by atoms with Crippen LogP contribution in [0.5, 0.6) is 5.75 Å². The smallest absolute Gasteiger partial charge is 0.231 e. The SMILES string of the molecule is Cc1ccc(Cc2nc(-c3cccc(O)c3)no2)cc1. The second-order valence-electron chi connectivity index (χ2n) is 4.72. The Morgan fingerprint density at radius 1 is 1.10 bits per heavy atom. The molecular weight excluding hydrogens is 252 g/mol. The molecule has 0 amide bonds. The summed E-state index contributed by atoms with van der Waals surface area (Å²) in [6.45, 7) is 2.05. The van der Waals surface area contributed by atoms with Crippen molar-refractivity contribution in [3.05, 3.63) is 65.5 Å². The lowest BCUT2D eigenvalue weighted by atomic mass is 10.1. The Labute approximate surface area is 116 Å². The van der Waals surface area contributed by atoms with Crippen LogP contribution in [0, 0.1) is 6.92 Å². The summed E-state index contributed by atoms with van der Waals surface area (Å²) in [6, 6.07) is 15.0. The number of benzene rings is 2. The molecule has 0 aliphatic heterocycles. The summed E-state index contributed by atoms with van der Waals surface area (Å²) in [7, 11) is 0. The summed E-state index contributed by atoms with van der Waals surface area (Å²) >= 11 is 0. The van der Waals surface area contributed by atoms with E-state index in [1.807, 2.05) is 18.2 Å². The predicted molar refractivity (Wildman–Crippen MR) is 75.4 cm³/mol. The Morgan fingerprint density at radius 3 is 2.65 bits per heavy atom. The summed E-state index contributed by atoms with van der Waals surface area (Å²) in [5.74, 6) is 1.24. The lowest BCUT2D eigenvalue weighted by Gasteiger charge is -1.97. The third kappa shape index (κ3) is 2.69. The van der Waals surface area contributed by atoms with Crippen molar-refractivity contribution in [1.29, 1.82) is 0 Å². The average Bonchev–Trinajstić information content (AvgIpc) is 2.90. The maximum absolute atomic E-state index is 9.46. The van der Waals surface area contributed by atoms with Crippen LogP contribution in [0.3, 0.4) is 0 Å². The molecule has 0 spiro atoms. The number of aromatic nitrogens is 2.